The smallest absolute Gasteiger partial charge is 0.512 e. The highest BCUT2D eigenvalue weighted by molar-refractivity contribution is 5.91. The second-order valence-corrected chi connectivity index (χ2v) is 5.76. The lowest BCUT2D eigenvalue weighted by atomic mass is 9.87. The molecule has 1 aromatic heterocycles. The van der Waals surface area contributed by atoms with Crippen molar-refractivity contribution in [3.05, 3.63) is 60.0 Å². The van der Waals surface area contributed by atoms with E-state index >= 15 is 0 Å². The number of allylic oxidation sites excluding steroid dienone is 2. The lowest BCUT2D eigenvalue weighted by Gasteiger charge is -2.19. The van der Waals surface area contributed by atoms with E-state index in [2.05, 4.69) is 9.72 Å². The molecule has 0 radical (unpaired) electrons. The van der Waals surface area contributed by atoms with Crippen molar-refractivity contribution in [1.29, 1.82) is 0 Å². The fourth-order valence-electron chi connectivity index (χ4n) is 2.63. The van der Waals surface area contributed by atoms with Gasteiger partial charge >= 0.3 is 6.36 Å². The molecule has 1 heterocycles. The number of carbonyl (C=O) groups is 1. The molecule has 8 heteroatoms. The number of aliphatic hydroxyl groups excluding tert-OH is 1. The number of alkyl halides is 3. The maximum atomic E-state index is 12.1. The Balaban J connectivity index is 1.64. The van der Waals surface area contributed by atoms with Gasteiger partial charge in [-0.15, -0.1) is 13.2 Å². The molecule has 2 aromatic rings. The Kier molecular flexibility index (Phi) is 4.83. The SMILES string of the molecule is O=C1C=C(O)CC(c2ccc(Oc3ccc(OC(F)(F)F)cc3)nc2)C1. The Morgan fingerprint density at radius 3 is 2.31 bits per heavy atom. The number of ketones is 1. The summed E-state index contributed by atoms with van der Waals surface area (Å²) in [6.07, 6.45) is -1.30. The van der Waals surface area contributed by atoms with Crippen molar-refractivity contribution in [3.63, 3.8) is 0 Å². The molecule has 1 N–H and O–H groups in total. The Labute approximate surface area is 146 Å². The molecule has 5 nitrogen and oxygen atoms in total. The first kappa shape index (κ1) is 17.8. The number of benzene rings is 1. The Morgan fingerprint density at radius 2 is 1.73 bits per heavy atom. The van der Waals surface area contributed by atoms with Gasteiger partial charge < -0.3 is 14.6 Å². The second-order valence-electron chi connectivity index (χ2n) is 5.76. The van der Waals surface area contributed by atoms with E-state index in [4.69, 9.17) is 4.74 Å². The van der Waals surface area contributed by atoms with Gasteiger partial charge in [-0.2, -0.15) is 0 Å². The van der Waals surface area contributed by atoms with Gasteiger partial charge in [-0.25, -0.2) is 4.98 Å². The molecule has 1 aromatic carbocycles. The van der Waals surface area contributed by atoms with Crippen LogP contribution in [0.5, 0.6) is 17.4 Å². The molecular formula is C18H14F3NO4. The van der Waals surface area contributed by atoms with Gasteiger partial charge in [0.1, 0.15) is 11.5 Å². The predicted octanol–water partition coefficient (Wildman–Crippen LogP) is 4.66. The standard InChI is InChI=1S/C18H14F3NO4/c19-18(20,21)26-16-4-2-15(3-5-16)25-17-6-1-11(10-22-17)12-7-13(23)9-14(24)8-12/h1-6,9-10,12,23H,7-8H2. The lowest BCUT2D eigenvalue weighted by Crippen LogP contribution is -2.16. The van der Waals surface area contributed by atoms with Crippen molar-refractivity contribution >= 4 is 5.78 Å². The number of halogens is 3. The topological polar surface area (TPSA) is 68.7 Å². The first-order valence-electron chi connectivity index (χ1n) is 7.70. The van der Waals surface area contributed by atoms with Crippen LogP contribution in [0, 0.1) is 0 Å². The average Bonchev–Trinajstić information content (AvgIpc) is 2.55. The van der Waals surface area contributed by atoms with E-state index in [1.165, 1.54) is 18.2 Å². The minimum Gasteiger partial charge on any atom is -0.512 e. The summed E-state index contributed by atoms with van der Waals surface area (Å²) in [7, 11) is 0. The molecule has 0 saturated carbocycles. The van der Waals surface area contributed by atoms with Crippen molar-refractivity contribution in [2.45, 2.75) is 25.1 Å². The zero-order valence-electron chi connectivity index (χ0n) is 13.4. The van der Waals surface area contributed by atoms with E-state index in [1.807, 2.05) is 0 Å². The number of aromatic nitrogens is 1. The van der Waals surface area contributed by atoms with Crippen molar-refractivity contribution in [2.75, 3.05) is 0 Å². The van der Waals surface area contributed by atoms with Gasteiger partial charge in [0.25, 0.3) is 0 Å². The van der Waals surface area contributed by atoms with Gasteiger partial charge in [0, 0.05) is 31.2 Å². The number of nitrogens with zero attached hydrogens (tertiary/aromatic N) is 1. The molecule has 0 bridgehead atoms. The summed E-state index contributed by atoms with van der Waals surface area (Å²) in [6.45, 7) is 0. The molecule has 1 aliphatic rings. The van der Waals surface area contributed by atoms with Gasteiger partial charge in [0.15, 0.2) is 5.78 Å². The molecule has 0 spiro atoms. The number of carbonyl (C=O) groups excluding carboxylic acids is 1. The van der Waals surface area contributed by atoms with Gasteiger partial charge in [-0.3, -0.25) is 4.79 Å². The number of aliphatic hydroxyl groups is 1. The largest absolute Gasteiger partial charge is 0.573 e. The third-order valence-electron chi connectivity index (χ3n) is 3.74. The van der Waals surface area contributed by atoms with E-state index in [9.17, 15) is 23.1 Å². The number of hydrogen-bond acceptors (Lipinski definition) is 5. The van der Waals surface area contributed by atoms with Gasteiger partial charge in [0.05, 0.1) is 5.76 Å². The quantitative estimate of drug-likeness (QED) is 0.853. The van der Waals surface area contributed by atoms with E-state index in [0.717, 1.165) is 17.7 Å². The fraction of sp³-hybridized carbons (Fsp3) is 0.222. The second kappa shape index (κ2) is 7.07. The van der Waals surface area contributed by atoms with Crippen LogP contribution in [0.1, 0.15) is 24.3 Å². The maximum absolute atomic E-state index is 12.1. The molecule has 26 heavy (non-hydrogen) atoms. The fourth-order valence-corrected chi connectivity index (χ4v) is 2.63. The van der Waals surface area contributed by atoms with E-state index in [-0.39, 0.29) is 29.1 Å². The molecule has 1 aliphatic carbocycles. The summed E-state index contributed by atoms with van der Waals surface area (Å²) >= 11 is 0. The summed E-state index contributed by atoms with van der Waals surface area (Å²) in [6, 6.07) is 8.27. The monoisotopic (exact) mass is 365 g/mol. The highest BCUT2D eigenvalue weighted by Crippen LogP contribution is 2.31. The zero-order valence-corrected chi connectivity index (χ0v) is 13.4. The first-order chi connectivity index (χ1) is 12.3. The van der Waals surface area contributed by atoms with E-state index in [0.29, 0.717) is 18.6 Å². The summed E-state index contributed by atoms with van der Waals surface area (Å²) < 4.78 is 45.6. The highest BCUT2D eigenvalue weighted by Gasteiger charge is 2.31. The highest BCUT2D eigenvalue weighted by atomic mass is 19.4. The van der Waals surface area contributed by atoms with Crippen molar-refractivity contribution in [2.24, 2.45) is 0 Å². The minimum absolute atomic E-state index is 0.0488. The number of ether oxygens (including phenoxy) is 2. The Bertz CT molecular complexity index is 814. The molecule has 0 fully saturated rings. The summed E-state index contributed by atoms with van der Waals surface area (Å²) in [4.78, 5) is 15.7. The van der Waals surface area contributed by atoms with Crippen LogP contribution >= 0.6 is 0 Å². The lowest BCUT2D eigenvalue weighted by molar-refractivity contribution is -0.274. The molecule has 0 amide bonds. The average molecular weight is 365 g/mol. The molecular weight excluding hydrogens is 351 g/mol. The number of hydrogen-bond donors (Lipinski definition) is 1. The Hall–Kier alpha value is -3.03. The third-order valence-corrected chi connectivity index (χ3v) is 3.74. The predicted molar refractivity (Wildman–Crippen MR) is 85.1 cm³/mol. The number of pyridine rings is 1. The van der Waals surface area contributed by atoms with E-state index in [1.54, 1.807) is 18.3 Å². The van der Waals surface area contributed by atoms with Crippen LogP contribution in [-0.2, 0) is 4.79 Å². The van der Waals surface area contributed by atoms with Crippen LogP contribution in [0.4, 0.5) is 13.2 Å². The molecule has 3 rings (SSSR count). The van der Waals surface area contributed by atoms with Crippen LogP contribution < -0.4 is 9.47 Å². The summed E-state index contributed by atoms with van der Waals surface area (Å²) in [5, 5.41) is 9.57. The normalized spacial score (nSPS) is 17.6. The maximum Gasteiger partial charge on any atom is 0.573 e. The van der Waals surface area contributed by atoms with Crippen LogP contribution in [0.15, 0.2) is 54.4 Å². The van der Waals surface area contributed by atoms with Crippen LogP contribution in [-0.4, -0.2) is 22.2 Å². The molecule has 1 atom stereocenters. The minimum atomic E-state index is -4.75. The van der Waals surface area contributed by atoms with Crippen LogP contribution in [0.2, 0.25) is 0 Å². The summed E-state index contributed by atoms with van der Waals surface area (Å²) in [5.74, 6) is -0.0304. The van der Waals surface area contributed by atoms with E-state index < -0.39 is 6.36 Å². The van der Waals surface area contributed by atoms with Gasteiger partial charge in [-0.05, 0) is 35.7 Å². The van der Waals surface area contributed by atoms with Crippen molar-refractivity contribution in [1.82, 2.24) is 4.98 Å². The molecule has 136 valence electrons. The molecule has 1 unspecified atom stereocenters. The number of rotatable bonds is 4. The van der Waals surface area contributed by atoms with Crippen molar-refractivity contribution in [3.8, 4) is 17.4 Å². The molecule has 0 aliphatic heterocycles. The van der Waals surface area contributed by atoms with Gasteiger partial charge in [0.2, 0.25) is 5.88 Å². The van der Waals surface area contributed by atoms with Crippen LogP contribution in [0.25, 0.3) is 0 Å². The Morgan fingerprint density at radius 1 is 1.04 bits per heavy atom. The van der Waals surface area contributed by atoms with Crippen LogP contribution in [0.3, 0.4) is 0 Å². The third kappa shape index (κ3) is 4.75. The summed E-state index contributed by atoms with van der Waals surface area (Å²) in [5.41, 5.74) is 0.791. The zero-order chi connectivity index (χ0) is 18.7. The van der Waals surface area contributed by atoms with Gasteiger partial charge in [-0.1, -0.05) is 6.07 Å². The molecule has 0 saturated heterocycles. The van der Waals surface area contributed by atoms with Crippen molar-refractivity contribution < 1.29 is 32.5 Å². The first-order valence-corrected chi connectivity index (χ1v) is 7.70.